The zero-order valence-corrected chi connectivity index (χ0v) is 16.7. The molecule has 1 N–H and O–H groups in total. The van der Waals surface area contributed by atoms with Gasteiger partial charge in [0.25, 0.3) is 0 Å². The lowest BCUT2D eigenvalue weighted by molar-refractivity contribution is -0.125. The molecule has 4 heterocycles. The number of nitrogens with zero attached hydrogens (tertiary/aromatic N) is 2. The monoisotopic (exact) mass is 393 g/mol. The van der Waals surface area contributed by atoms with Gasteiger partial charge in [0.1, 0.15) is 5.82 Å². The molecule has 0 aromatic carbocycles. The molecule has 0 saturated heterocycles. The first-order chi connectivity index (χ1) is 13.6. The van der Waals surface area contributed by atoms with Crippen molar-refractivity contribution in [2.75, 3.05) is 18.4 Å². The third-order valence-corrected chi connectivity index (χ3v) is 6.28. The van der Waals surface area contributed by atoms with Gasteiger partial charge in [-0.15, -0.1) is 11.3 Å². The Hall–Kier alpha value is -2.73. The number of hydrogen-bond donors (Lipinski definition) is 1. The van der Waals surface area contributed by atoms with Crippen molar-refractivity contribution in [3.63, 3.8) is 0 Å². The highest BCUT2D eigenvalue weighted by Crippen LogP contribution is 2.24. The van der Waals surface area contributed by atoms with Crippen molar-refractivity contribution in [1.82, 2.24) is 9.88 Å². The van der Waals surface area contributed by atoms with Crippen LogP contribution in [0.2, 0.25) is 0 Å². The average molecular weight is 394 g/mol. The van der Waals surface area contributed by atoms with Gasteiger partial charge >= 0.3 is 0 Å². The topological polar surface area (TPSA) is 62.3 Å². The zero-order valence-electron chi connectivity index (χ0n) is 15.9. The molecular weight excluding hydrogens is 370 g/mol. The summed E-state index contributed by atoms with van der Waals surface area (Å²) < 4.78 is 0. The summed E-state index contributed by atoms with van der Waals surface area (Å²) in [5, 5.41) is 4.91. The largest absolute Gasteiger partial charge is 0.335 e. The smallest absolute Gasteiger partial charge is 0.246 e. The van der Waals surface area contributed by atoms with Crippen molar-refractivity contribution in [3.05, 3.63) is 63.0 Å². The van der Waals surface area contributed by atoms with E-state index in [9.17, 15) is 9.59 Å². The standard InChI is InChI=1S/C22H23N3O2S/c1-15-8-11-28-19(15)13-16-6-9-25(10-7-16)21(27)5-2-17-12-18-3-4-20(26)24-22(18)23-14-17/h2,5-6,8,11-12,14H,3-4,7,9-10,13H2,1H3,(H,23,24,26). The predicted molar refractivity (Wildman–Crippen MR) is 112 cm³/mol. The van der Waals surface area contributed by atoms with Crippen molar-refractivity contribution in [2.45, 2.75) is 32.6 Å². The van der Waals surface area contributed by atoms with Gasteiger partial charge in [0.2, 0.25) is 11.8 Å². The number of amides is 2. The van der Waals surface area contributed by atoms with Gasteiger partial charge in [0, 0.05) is 43.1 Å². The van der Waals surface area contributed by atoms with E-state index in [4.69, 9.17) is 0 Å². The Morgan fingerprint density at radius 1 is 1.36 bits per heavy atom. The van der Waals surface area contributed by atoms with Crippen molar-refractivity contribution in [1.29, 1.82) is 0 Å². The lowest BCUT2D eigenvalue weighted by Gasteiger charge is -2.25. The molecular formula is C22H23N3O2S. The molecule has 0 aliphatic carbocycles. The van der Waals surface area contributed by atoms with Crippen molar-refractivity contribution >= 4 is 35.0 Å². The van der Waals surface area contributed by atoms with E-state index in [1.807, 2.05) is 11.0 Å². The van der Waals surface area contributed by atoms with Gasteiger partial charge in [-0.2, -0.15) is 0 Å². The first kappa shape index (κ1) is 18.6. The van der Waals surface area contributed by atoms with Crippen LogP contribution in [0.4, 0.5) is 5.82 Å². The molecule has 2 aromatic rings. The summed E-state index contributed by atoms with van der Waals surface area (Å²) in [7, 11) is 0. The average Bonchev–Trinajstić information content (AvgIpc) is 3.11. The van der Waals surface area contributed by atoms with Gasteiger partial charge in [-0.05, 0) is 60.0 Å². The van der Waals surface area contributed by atoms with Gasteiger partial charge in [-0.1, -0.05) is 11.6 Å². The first-order valence-electron chi connectivity index (χ1n) is 9.55. The number of aryl methyl sites for hydroxylation is 2. The number of thiophene rings is 1. The van der Waals surface area contributed by atoms with Crippen LogP contribution >= 0.6 is 11.3 Å². The summed E-state index contributed by atoms with van der Waals surface area (Å²) in [4.78, 5) is 31.5. The second kappa shape index (κ2) is 8.10. The number of pyridine rings is 1. The highest BCUT2D eigenvalue weighted by molar-refractivity contribution is 7.10. The van der Waals surface area contributed by atoms with Gasteiger partial charge in [-0.25, -0.2) is 4.98 Å². The molecule has 144 valence electrons. The Morgan fingerprint density at radius 3 is 3.00 bits per heavy atom. The normalized spacial score (nSPS) is 16.7. The molecule has 4 rings (SSSR count). The highest BCUT2D eigenvalue weighted by atomic mass is 32.1. The Labute approximate surface area is 168 Å². The third-order valence-electron chi connectivity index (χ3n) is 5.26. The van der Waals surface area contributed by atoms with Crippen LogP contribution in [0, 0.1) is 6.92 Å². The van der Waals surface area contributed by atoms with E-state index in [1.54, 1.807) is 29.7 Å². The Kier molecular flexibility index (Phi) is 5.39. The SMILES string of the molecule is Cc1ccsc1CC1=CCN(C(=O)C=Cc2cnc3c(c2)CCC(=O)N3)CC1. The number of anilines is 1. The molecule has 6 heteroatoms. The van der Waals surface area contributed by atoms with Crippen LogP contribution in [-0.4, -0.2) is 34.8 Å². The maximum Gasteiger partial charge on any atom is 0.246 e. The molecule has 0 bridgehead atoms. The molecule has 0 spiro atoms. The lowest BCUT2D eigenvalue weighted by atomic mass is 10.0. The van der Waals surface area contributed by atoms with E-state index in [0.717, 1.165) is 30.5 Å². The van der Waals surface area contributed by atoms with Gasteiger partial charge < -0.3 is 10.2 Å². The number of hydrogen-bond acceptors (Lipinski definition) is 4. The van der Waals surface area contributed by atoms with Crippen LogP contribution in [0.3, 0.4) is 0 Å². The highest BCUT2D eigenvalue weighted by Gasteiger charge is 2.17. The van der Waals surface area contributed by atoms with E-state index in [-0.39, 0.29) is 11.8 Å². The van der Waals surface area contributed by atoms with E-state index >= 15 is 0 Å². The van der Waals surface area contributed by atoms with Gasteiger partial charge in [0.15, 0.2) is 0 Å². The van der Waals surface area contributed by atoms with Crippen molar-refractivity contribution in [3.8, 4) is 0 Å². The Morgan fingerprint density at radius 2 is 2.25 bits per heavy atom. The van der Waals surface area contributed by atoms with Crippen LogP contribution in [0.1, 0.15) is 34.4 Å². The molecule has 0 fully saturated rings. The summed E-state index contributed by atoms with van der Waals surface area (Å²) in [5.74, 6) is 0.660. The van der Waals surface area contributed by atoms with E-state index < -0.39 is 0 Å². The molecule has 2 aromatic heterocycles. The van der Waals surface area contributed by atoms with Crippen molar-refractivity contribution in [2.24, 2.45) is 0 Å². The minimum absolute atomic E-state index is 0.00484. The number of nitrogens with one attached hydrogen (secondary N) is 1. The second-order valence-electron chi connectivity index (χ2n) is 7.26. The molecule has 0 atom stereocenters. The zero-order chi connectivity index (χ0) is 19.5. The van der Waals surface area contributed by atoms with Crippen LogP contribution in [-0.2, 0) is 22.4 Å². The quantitative estimate of drug-likeness (QED) is 0.636. The summed E-state index contributed by atoms with van der Waals surface area (Å²) in [6, 6.07) is 4.15. The molecule has 0 saturated carbocycles. The van der Waals surface area contributed by atoms with Crippen molar-refractivity contribution < 1.29 is 9.59 Å². The number of carbonyl (C=O) groups is 2. The fourth-order valence-electron chi connectivity index (χ4n) is 3.50. The predicted octanol–water partition coefficient (Wildman–Crippen LogP) is 3.75. The molecule has 2 amide bonds. The summed E-state index contributed by atoms with van der Waals surface area (Å²) in [5.41, 5.74) is 4.67. The number of aromatic nitrogens is 1. The third kappa shape index (κ3) is 4.22. The molecule has 5 nitrogen and oxygen atoms in total. The number of carbonyl (C=O) groups excluding carboxylic acids is 2. The Bertz CT molecular complexity index is 974. The van der Waals surface area contributed by atoms with Crippen LogP contribution < -0.4 is 5.32 Å². The maximum absolute atomic E-state index is 12.5. The molecule has 2 aliphatic heterocycles. The lowest BCUT2D eigenvalue weighted by Crippen LogP contribution is -2.33. The number of rotatable bonds is 4. The van der Waals surface area contributed by atoms with Crippen LogP contribution in [0.15, 0.2) is 41.4 Å². The minimum atomic E-state index is 0.00484. The molecule has 28 heavy (non-hydrogen) atoms. The minimum Gasteiger partial charge on any atom is -0.335 e. The van der Waals surface area contributed by atoms with Gasteiger partial charge in [-0.3, -0.25) is 9.59 Å². The van der Waals surface area contributed by atoms with E-state index in [2.05, 4.69) is 34.7 Å². The van der Waals surface area contributed by atoms with Crippen LogP contribution in [0.25, 0.3) is 6.08 Å². The summed E-state index contributed by atoms with van der Waals surface area (Å²) >= 11 is 1.80. The summed E-state index contributed by atoms with van der Waals surface area (Å²) in [6.07, 6.45) is 10.4. The van der Waals surface area contributed by atoms with Gasteiger partial charge in [0.05, 0.1) is 0 Å². The van der Waals surface area contributed by atoms with Crippen LogP contribution in [0.5, 0.6) is 0 Å². The number of fused-ring (bicyclic) bond motifs is 1. The fraction of sp³-hybridized carbons (Fsp3) is 0.318. The summed E-state index contributed by atoms with van der Waals surface area (Å²) in [6.45, 7) is 3.57. The maximum atomic E-state index is 12.5. The molecule has 0 unspecified atom stereocenters. The van der Waals surface area contributed by atoms with E-state index in [0.29, 0.717) is 25.2 Å². The Balaban J connectivity index is 1.35. The molecule has 2 aliphatic rings. The second-order valence-corrected chi connectivity index (χ2v) is 8.26. The van der Waals surface area contributed by atoms with E-state index in [1.165, 1.54) is 16.0 Å². The molecule has 0 radical (unpaired) electrons. The first-order valence-corrected chi connectivity index (χ1v) is 10.4. The fourth-order valence-corrected chi connectivity index (χ4v) is 4.46.